The molecule has 1 amide bonds. The Bertz CT molecular complexity index is 1450. The van der Waals surface area contributed by atoms with Crippen LogP contribution in [0.2, 0.25) is 0 Å². The lowest BCUT2D eigenvalue weighted by molar-refractivity contribution is -0.121. The van der Waals surface area contributed by atoms with Crippen molar-refractivity contribution in [3.05, 3.63) is 82.9 Å². The summed E-state index contributed by atoms with van der Waals surface area (Å²) in [5.74, 6) is 0.136. The zero-order valence-electron chi connectivity index (χ0n) is 24.1. The number of nitrogens with zero attached hydrogens (tertiary/aromatic N) is 1. The standard InChI is InChI=1S/C31H38N2O6S/c1-30(2,3)24-18-21(19-25(28(24)35)31(4,5)6)16-17-27(34)33-32-20-22-12-11-15-26(38-7)29(22)39-40(36,37)23-13-9-8-10-14-23/h8-15,18-20,35H,16-17H2,1-7H3,(H,33,34)/b32-20-. The Morgan fingerprint density at radius 3 is 2.10 bits per heavy atom. The topological polar surface area (TPSA) is 114 Å². The Balaban J connectivity index is 1.76. The third-order valence-electron chi connectivity index (χ3n) is 6.27. The highest BCUT2D eigenvalue weighted by Gasteiger charge is 2.26. The van der Waals surface area contributed by atoms with Crippen LogP contribution < -0.4 is 14.3 Å². The number of nitrogens with one attached hydrogen (secondary N) is 1. The average molecular weight is 567 g/mol. The van der Waals surface area contributed by atoms with Crippen LogP contribution in [0.25, 0.3) is 0 Å². The Kier molecular flexibility index (Phi) is 9.30. The number of hydrazone groups is 1. The van der Waals surface area contributed by atoms with E-state index in [0.717, 1.165) is 16.7 Å². The van der Waals surface area contributed by atoms with Crippen molar-refractivity contribution in [1.29, 1.82) is 0 Å². The molecular formula is C31H38N2O6S. The number of benzene rings is 3. The minimum absolute atomic E-state index is 0.00411. The minimum Gasteiger partial charge on any atom is -0.507 e. The fourth-order valence-corrected chi connectivity index (χ4v) is 5.08. The number of amides is 1. The van der Waals surface area contributed by atoms with Gasteiger partial charge in [-0.25, -0.2) is 5.43 Å². The van der Waals surface area contributed by atoms with Gasteiger partial charge >= 0.3 is 10.1 Å². The lowest BCUT2D eigenvalue weighted by Crippen LogP contribution is -2.20. The maximum Gasteiger partial charge on any atom is 0.339 e. The van der Waals surface area contributed by atoms with Crippen molar-refractivity contribution >= 4 is 22.2 Å². The van der Waals surface area contributed by atoms with E-state index >= 15 is 0 Å². The van der Waals surface area contributed by atoms with Gasteiger partial charge in [-0.3, -0.25) is 4.79 Å². The molecule has 0 aromatic heterocycles. The molecule has 40 heavy (non-hydrogen) atoms. The number of hydrogen-bond donors (Lipinski definition) is 2. The van der Waals surface area contributed by atoms with Gasteiger partial charge in [0.1, 0.15) is 10.6 Å². The molecule has 3 rings (SSSR count). The zero-order valence-corrected chi connectivity index (χ0v) is 24.9. The molecule has 0 aliphatic carbocycles. The van der Waals surface area contributed by atoms with Crippen molar-refractivity contribution in [1.82, 2.24) is 5.43 Å². The van der Waals surface area contributed by atoms with Gasteiger partial charge in [-0.15, -0.1) is 0 Å². The quantitative estimate of drug-likeness (QED) is 0.191. The van der Waals surface area contributed by atoms with E-state index in [1.165, 1.54) is 25.5 Å². The lowest BCUT2D eigenvalue weighted by atomic mass is 9.78. The molecule has 0 saturated heterocycles. The first kappa shape index (κ1) is 30.7. The molecule has 214 valence electrons. The van der Waals surface area contributed by atoms with Crippen molar-refractivity contribution in [3.8, 4) is 17.2 Å². The first-order valence-electron chi connectivity index (χ1n) is 13.0. The van der Waals surface area contributed by atoms with Gasteiger partial charge in [0.2, 0.25) is 5.91 Å². The van der Waals surface area contributed by atoms with E-state index in [2.05, 4.69) is 10.5 Å². The molecule has 0 aliphatic rings. The van der Waals surface area contributed by atoms with Crippen LogP contribution in [0.5, 0.6) is 17.2 Å². The second kappa shape index (κ2) is 12.1. The largest absolute Gasteiger partial charge is 0.507 e. The Morgan fingerprint density at radius 1 is 0.950 bits per heavy atom. The number of aromatic hydroxyl groups is 1. The fraction of sp³-hybridized carbons (Fsp3) is 0.355. The van der Waals surface area contributed by atoms with Crippen molar-refractivity contribution in [2.45, 2.75) is 70.1 Å². The lowest BCUT2D eigenvalue weighted by Gasteiger charge is -2.28. The molecule has 2 N–H and O–H groups in total. The monoisotopic (exact) mass is 566 g/mol. The van der Waals surface area contributed by atoms with Crippen LogP contribution in [-0.4, -0.2) is 32.8 Å². The summed E-state index contributed by atoms with van der Waals surface area (Å²) >= 11 is 0. The number of methoxy groups -OCH3 is 1. The van der Waals surface area contributed by atoms with E-state index < -0.39 is 10.1 Å². The maximum atomic E-state index is 12.8. The van der Waals surface area contributed by atoms with Crippen molar-refractivity contribution in [3.63, 3.8) is 0 Å². The van der Waals surface area contributed by atoms with E-state index in [-0.39, 0.29) is 39.6 Å². The molecule has 0 heterocycles. The molecule has 0 bridgehead atoms. The van der Waals surface area contributed by atoms with E-state index in [1.54, 1.807) is 36.4 Å². The minimum atomic E-state index is -4.13. The highest BCUT2D eigenvalue weighted by molar-refractivity contribution is 7.87. The molecule has 0 unspecified atom stereocenters. The summed E-state index contributed by atoms with van der Waals surface area (Å²) in [4.78, 5) is 12.6. The van der Waals surface area contributed by atoms with Crippen LogP contribution in [0.3, 0.4) is 0 Å². The van der Waals surface area contributed by atoms with Crippen molar-refractivity contribution < 1.29 is 27.2 Å². The smallest absolute Gasteiger partial charge is 0.339 e. The number of phenolic OH excluding ortho intramolecular Hbond substituents is 1. The summed E-state index contributed by atoms with van der Waals surface area (Å²) in [5.41, 5.74) is 4.89. The summed E-state index contributed by atoms with van der Waals surface area (Å²) < 4.78 is 36.3. The van der Waals surface area contributed by atoms with Gasteiger partial charge in [-0.05, 0) is 58.2 Å². The molecule has 9 heteroatoms. The number of carbonyl (C=O) groups is 1. The van der Waals surface area contributed by atoms with Gasteiger partial charge in [0.15, 0.2) is 11.5 Å². The van der Waals surface area contributed by atoms with E-state index in [9.17, 15) is 18.3 Å². The Hall–Kier alpha value is -3.85. The zero-order chi connectivity index (χ0) is 29.7. The Morgan fingerprint density at radius 2 is 1.55 bits per heavy atom. The summed E-state index contributed by atoms with van der Waals surface area (Å²) in [6, 6.07) is 16.5. The van der Waals surface area contributed by atoms with Crippen LogP contribution in [0.15, 0.2) is 70.7 Å². The molecule has 0 atom stereocenters. The van der Waals surface area contributed by atoms with Crippen LogP contribution in [0.4, 0.5) is 0 Å². The molecule has 0 fully saturated rings. The van der Waals surface area contributed by atoms with Gasteiger partial charge in [0.25, 0.3) is 0 Å². The highest BCUT2D eigenvalue weighted by atomic mass is 32.2. The van der Waals surface area contributed by atoms with Crippen LogP contribution >= 0.6 is 0 Å². The molecule has 0 aliphatic heterocycles. The summed E-state index contributed by atoms with van der Waals surface area (Å²) in [6.07, 6.45) is 1.93. The molecular weight excluding hydrogens is 528 g/mol. The number of rotatable bonds is 9. The molecule has 0 spiro atoms. The number of aryl methyl sites for hydroxylation is 1. The van der Waals surface area contributed by atoms with Crippen LogP contribution in [-0.2, 0) is 32.2 Å². The van der Waals surface area contributed by atoms with Crippen LogP contribution in [0, 0.1) is 0 Å². The predicted molar refractivity (Wildman–Crippen MR) is 157 cm³/mol. The predicted octanol–water partition coefficient (Wildman–Crippen LogP) is 5.85. The molecule has 3 aromatic rings. The first-order chi connectivity index (χ1) is 18.6. The Labute approximate surface area is 237 Å². The highest BCUT2D eigenvalue weighted by Crippen LogP contribution is 2.40. The number of para-hydroxylation sites is 1. The molecule has 0 saturated carbocycles. The molecule has 3 aromatic carbocycles. The van der Waals surface area contributed by atoms with Crippen molar-refractivity contribution in [2.75, 3.05) is 7.11 Å². The van der Waals surface area contributed by atoms with Gasteiger partial charge < -0.3 is 14.0 Å². The van der Waals surface area contributed by atoms with Gasteiger partial charge in [0.05, 0.1) is 13.3 Å². The SMILES string of the molecule is COc1cccc(/C=N\NC(=O)CCc2cc(C(C)(C)C)c(O)c(C(C)(C)C)c2)c1OS(=O)(=O)c1ccccc1. The number of ether oxygens (including phenoxy) is 1. The van der Waals surface area contributed by atoms with Crippen LogP contribution in [0.1, 0.15) is 70.2 Å². The van der Waals surface area contributed by atoms with E-state index in [4.69, 9.17) is 8.92 Å². The third kappa shape index (κ3) is 7.63. The van der Waals surface area contributed by atoms with E-state index in [0.29, 0.717) is 17.7 Å². The molecule has 8 nitrogen and oxygen atoms in total. The summed E-state index contributed by atoms with van der Waals surface area (Å²) in [5, 5.41) is 15.0. The third-order valence-corrected chi connectivity index (χ3v) is 7.51. The van der Waals surface area contributed by atoms with Gasteiger partial charge in [-0.2, -0.15) is 13.5 Å². The maximum absolute atomic E-state index is 12.8. The molecule has 0 radical (unpaired) electrons. The summed E-state index contributed by atoms with van der Waals surface area (Å²) in [6.45, 7) is 12.3. The number of hydrogen-bond acceptors (Lipinski definition) is 7. The summed E-state index contributed by atoms with van der Waals surface area (Å²) in [7, 11) is -2.73. The van der Waals surface area contributed by atoms with E-state index in [1.807, 2.05) is 53.7 Å². The number of phenols is 1. The van der Waals surface area contributed by atoms with Gasteiger partial charge in [0, 0.05) is 12.0 Å². The number of carbonyl (C=O) groups excluding carboxylic acids is 1. The van der Waals surface area contributed by atoms with Crippen molar-refractivity contribution in [2.24, 2.45) is 5.10 Å². The second-order valence-corrected chi connectivity index (χ2v) is 13.1. The normalized spacial score (nSPS) is 12.4. The van der Waals surface area contributed by atoms with Gasteiger partial charge in [-0.1, -0.05) is 77.9 Å². The first-order valence-corrected chi connectivity index (χ1v) is 14.4. The fourth-order valence-electron chi connectivity index (χ4n) is 4.10. The second-order valence-electron chi connectivity index (χ2n) is 11.6. The average Bonchev–Trinajstić information content (AvgIpc) is 2.88.